The van der Waals surface area contributed by atoms with Gasteiger partial charge < -0.3 is 10.1 Å². The van der Waals surface area contributed by atoms with Crippen molar-refractivity contribution < 1.29 is 4.74 Å². The number of ether oxygens (including phenoxy) is 1. The zero-order valence-electron chi connectivity index (χ0n) is 10.3. The molecule has 0 fully saturated rings. The van der Waals surface area contributed by atoms with Crippen molar-refractivity contribution in [2.45, 2.75) is 39.3 Å². The van der Waals surface area contributed by atoms with Crippen LogP contribution in [0.4, 0.5) is 0 Å². The van der Waals surface area contributed by atoms with Gasteiger partial charge in [-0.25, -0.2) is 0 Å². The summed E-state index contributed by atoms with van der Waals surface area (Å²) in [7, 11) is 1.96. The zero-order valence-corrected chi connectivity index (χ0v) is 10.3. The van der Waals surface area contributed by atoms with Crippen LogP contribution in [0.15, 0.2) is 24.3 Å². The normalized spacial score (nSPS) is 13.7. The van der Waals surface area contributed by atoms with Gasteiger partial charge in [0.15, 0.2) is 0 Å². The molecule has 0 saturated carbocycles. The third kappa shape index (κ3) is 3.92. The minimum absolute atomic E-state index is 0.137. The van der Waals surface area contributed by atoms with E-state index in [1.807, 2.05) is 19.2 Å². The molecular weight excluding hydrogens is 186 g/mol. The first-order chi connectivity index (χ1) is 6.92. The highest BCUT2D eigenvalue weighted by Crippen LogP contribution is 2.22. The maximum absolute atomic E-state index is 5.81. The summed E-state index contributed by atoms with van der Waals surface area (Å²) in [6.07, 6.45) is 0. The average molecular weight is 207 g/mol. The molecule has 0 aromatic heterocycles. The lowest BCUT2D eigenvalue weighted by Gasteiger charge is -2.22. The molecule has 1 N–H and O–H groups in total. The van der Waals surface area contributed by atoms with Crippen LogP contribution in [0.1, 0.15) is 39.3 Å². The summed E-state index contributed by atoms with van der Waals surface area (Å²) in [6, 6.07) is 8.58. The van der Waals surface area contributed by atoms with Crippen LogP contribution < -0.4 is 10.1 Å². The second-order valence-electron chi connectivity index (χ2n) is 4.80. The predicted molar refractivity (Wildman–Crippen MR) is 64.3 cm³/mol. The fourth-order valence-electron chi connectivity index (χ4n) is 1.37. The lowest BCUT2D eigenvalue weighted by molar-refractivity contribution is 0.131. The molecule has 0 amide bonds. The van der Waals surface area contributed by atoms with Gasteiger partial charge >= 0.3 is 0 Å². The van der Waals surface area contributed by atoms with Crippen LogP contribution >= 0.6 is 0 Å². The molecule has 0 aliphatic heterocycles. The molecule has 0 aliphatic rings. The minimum atomic E-state index is -0.137. The van der Waals surface area contributed by atoms with E-state index >= 15 is 0 Å². The van der Waals surface area contributed by atoms with Crippen molar-refractivity contribution in [3.05, 3.63) is 29.8 Å². The van der Waals surface area contributed by atoms with E-state index < -0.39 is 0 Å². The van der Waals surface area contributed by atoms with Crippen LogP contribution in [0.3, 0.4) is 0 Å². The van der Waals surface area contributed by atoms with Gasteiger partial charge in [-0.2, -0.15) is 0 Å². The van der Waals surface area contributed by atoms with Gasteiger partial charge in [0.1, 0.15) is 11.4 Å². The largest absolute Gasteiger partial charge is 0.488 e. The highest BCUT2D eigenvalue weighted by atomic mass is 16.5. The van der Waals surface area contributed by atoms with Gasteiger partial charge in [-0.05, 0) is 52.4 Å². The number of rotatable bonds is 3. The molecular formula is C13H21NO. The van der Waals surface area contributed by atoms with E-state index in [1.54, 1.807) is 0 Å². The fourth-order valence-corrected chi connectivity index (χ4v) is 1.37. The molecule has 15 heavy (non-hydrogen) atoms. The van der Waals surface area contributed by atoms with Crippen molar-refractivity contribution >= 4 is 0 Å². The topological polar surface area (TPSA) is 21.3 Å². The molecule has 2 nitrogen and oxygen atoms in total. The van der Waals surface area contributed by atoms with Gasteiger partial charge in [0.25, 0.3) is 0 Å². The Morgan fingerprint density at radius 1 is 1.27 bits per heavy atom. The van der Waals surface area contributed by atoms with Crippen LogP contribution in [-0.2, 0) is 0 Å². The van der Waals surface area contributed by atoms with Crippen molar-refractivity contribution in [3.8, 4) is 5.75 Å². The summed E-state index contributed by atoms with van der Waals surface area (Å²) < 4.78 is 5.81. The molecule has 1 rings (SSSR count). The smallest absolute Gasteiger partial charge is 0.120 e. The van der Waals surface area contributed by atoms with Gasteiger partial charge in [-0.3, -0.25) is 0 Å². The third-order valence-corrected chi connectivity index (χ3v) is 2.22. The van der Waals surface area contributed by atoms with Gasteiger partial charge in [-0.1, -0.05) is 12.1 Å². The Labute approximate surface area is 92.6 Å². The van der Waals surface area contributed by atoms with Crippen molar-refractivity contribution in [2.24, 2.45) is 0 Å². The molecule has 2 heteroatoms. The van der Waals surface area contributed by atoms with E-state index in [9.17, 15) is 0 Å². The minimum Gasteiger partial charge on any atom is -0.488 e. The molecule has 0 spiro atoms. The molecule has 0 heterocycles. The monoisotopic (exact) mass is 207 g/mol. The van der Waals surface area contributed by atoms with Crippen LogP contribution in [0.5, 0.6) is 5.75 Å². The number of hydrogen-bond donors (Lipinski definition) is 1. The van der Waals surface area contributed by atoms with Crippen LogP contribution in [0.25, 0.3) is 0 Å². The lowest BCUT2D eigenvalue weighted by atomic mass is 10.1. The quantitative estimate of drug-likeness (QED) is 0.822. The van der Waals surface area contributed by atoms with E-state index in [2.05, 4.69) is 45.1 Å². The Bertz CT molecular complexity index is 315. The first-order valence-electron chi connectivity index (χ1n) is 5.38. The highest BCUT2D eigenvalue weighted by molar-refractivity contribution is 5.30. The summed E-state index contributed by atoms with van der Waals surface area (Å²) in [5, 5.41) is 3.22. The average Bonchev–Trinajstić information content (AvgIpc) is 2.14. The lowest BCUT2D eigenvalue weighted by Crippen LogP contribution is -2.23. The first kappa shape index (κ1) is 12.1. The Morgan fingerprint density at radius 3 is 2.47 bits per heavy atom. The molecule has 0 aliphatic carbocycles. The molecule has 1 aromatic carbocycles. The van der Waals surface area contributed by atoms with Crippen molar-refractivity contribution in [1.82, 2.24) is 5.32 Å². The van der Waals surface area contributed by atoms with E-state index in [1.165, 1.54) is 5.56 Å². The van der Waals surface area contributed by atoms with Crippen LogP contribution in [-0.4, -0.2) is 12.6 Å². The summed E-state index contributed by atoms with van der Waals surface area (Å²) in [6.45, 7) is 8.31. The van der Waals surface area contributed by atoms with Gasteiger partial charge in [0.05, 0.1) is 0 Å². The highest BCUT2D eigenvalue weighted by Gasteiger charge is 2.12. The first-order valence-corrected chi connectivity index (χ1v) is 5.38. The molecule has 1 unspecified atom stereocenters. The third-order valence-electron chi connectivity index (χ3n) is 2.22. The van der Waals surface area contributed by atoms with E-state index in [0.29, 0.717) is 6.04 Å². The zero-order chi connectivity index (χ0) is 11.5. The van der Waals surface area contributed by atoms with Gasteiger partial charge in [0, 0.05) is 6.04 Å². The standard InChI is InChI=1S/C13H21NO/c1-10(14-5)11-7-6-8-12(9-11)15-13(2,3)4/h6-10,14H,1-5H3. The number of nitrogens with one attached hydrogen (secondary N) is 1. The fraction of sp³-hybridized carbons (Fsp3) is 0.538. The van der Waals surface area contributed by atoms with Crippen molar-refractivity contribution in [1.29, 1.82) is 0 Å². The van der Waals surface area contributed by atoms with Crippen molar-refractivity contribution in [3.63, 3.8) is 0 Å². The van der Waals surface area contributed by atoms with Gasteiger partial charge in [0.2, 0.25) is 0 Å². The van der Waals surface area contributed by atoms with Gasteiger partial charge in [-0.15, -0.1) is 0 Å². The molecule has 1 aromatic rings. The summed E-state index contributed by atoms with van der Waals surface area (Å²) >= 11 is 0. The molecule has 0 radical (unpaired) electrons. The van der Waals surface area contributed by atoms with E-state index in [0.717, 1.165) is 5.75 Å². The molecule has 0 saturated heterocycles. The van der Waals surface area contributed by atoms with Crippen LogP contribution in [0, 0.1) is 0 Å². The second kappa shape index (κ2) is 4.67. The van der Waals surface area contributed by atoms with Crippen molar-refractivity contribution in [2.75, 3.05) is 7.05 Å². The Hall–Kier alpha value is -1.02. The number of benzene rings is 1. The van der Waals surface area contributed by atoms with E-state index in [-0.39, 0.29) is 5.60 Å². The summed E-state index contributed by atoms with van der Waals surface area (Å²) in [5.41, 5.74) is 1.11. The second-order valence-corrected chi connectivity index (χ2v) is 4.80. The maximum atomic E-state index is 5.81. The molecule has 0 bridgehead atoms. The Balaban J connectivity index is 2.83. The van der Waals surface area contributed by atoms with E-state index in [4.69, 9.17) is 4.74 Å². The Kier molecular flexibility index (Phi) is 3.75. The molecule has 84 valence electrons. The maximum Gasteiger partial charge on any atom is 0.120 e. The van der Waals surface area contributed by atoms with Crippen LogP contribution in [0.2, 0.25) is 0 Å². The molecule has 1 atom stereocenters. The Morgan fingerprint density at radius 2 is 1.93 bits per heavy atom. The summed E-state index contributed by atoms with van der Waals surface area (Å²) in [4.78, 5) is 0. The SMILES string of the molecule is CNC(C)c1cccc(OC(C)(C)C)c1. The number of hydrogen-bond acceptors (Lipinski definition) is 2. The summed E-state index contributed by atoms with van der Waals surface area (Å²) in [5.74, 6) is 0.933. The predicted octanol–water partition coefficient (Wildman–Crippen LogP) is 3.14.